The van der Waals surface area contributed by atoms with Crippen molar-refractivity contribution in [3.05, 3.63) is 29.8 Å². The van der Waals surface area contributed by atoms with E-state index in [1.807, 2.05) is 0 Å². The molecule has 0 aromatic heterocycles. The zero-order chi connectivity index (χ0) is 12.5. The van der Waals surface area contributed by atoms with Crippen LogP contribution in [0.15, 0.2) is 24.3 Å². The molecule has 5 nitrogen and oxygen atoms in total. The maximum Gasteiger partial charge on any atom is 0.189 e. The lowest BCUT2D eigenvalue weighted by molar-refractivity contribution is -0.00847. The first-order chi connectivity index (χ1) is 8.27. The zero-order valence-corrected chi connectivity index (χ0v) is 9.72. The third-order valence-electron chi connectivity index (χ3n) is 2.06. The Hall–Kier alpha value is -1.43. The predicted octanol–water partition coefficient (Wildman–Crippen LogP) is 0.861. The summed E-state index contributed by atoms with van der Waals surface area (Å²) in [5.41, 5.74) is 0.458. The van der Waals surface area contributed by atoms with Gasteiger partial charge in [0.05, 0.1) is 13.2 Å². The Morgan fingerprint density at radius 3 is 2.53 bits per heavy atom. The van der Waals surface area contributed by atoms with Crippen LogP contribution in [0, 0.1) is 0 Å². The maximum atomic E-state index is 11.1. The fourth-order valence-electron chi connectivity index (χ4n) is 1.14. The largest absolute Gasteiger partial charge is 0.468 e. The quantitative estimate of drug-likeness (QED) is 0.415. The van der Waals surface area contributed by atoms with E-state index in [4.69, 9.17) is 19.3 Å². The lowest BCUT2D eigenvalue weighted by atomic mass is 10.1. The smallest absolute Gasteiger partial charge is 0.189 e. The molecule has 5 heteroatoms. The van der Waals surface area contributed by atoms with Crippen molar-refractivity contribution in [3.63, 3.8) is 0 Å². The molecule has 0 fully saturated rings. The van der Waals surface area contributed by atoms with E-state index in [1.165, 1.54) is 0 Å². The normalized spacial score (nSPS) is 10.2. The van der Waals surface area contributed by atoms with Crippen molar-refractivity contribution < 1.29 is 24.1 Å². The summed E-state index contributed by atoms with van der Waals surface area (Å²) in [7, 11) is 1.60. The van der Waals surface area contributed by atoms with Crippen molar-refractivity contribution in [2.24, 2.45) is 0 Å². The first kappa shape index (κ1) is 13.6. The Labute approximate surface area is 99.9 Å². The molecular weight excluding hydrogens is 224 g/mol. The number of methoxy groups -OCH3 is 1. The molecule has 0 aliphatic carbocycles. The summed E-state index contributed by atoms with van der Waals surface area (Å²) in [6.07, 6.45) is 0. The molecular formula is C12H16O5. The lowest BCUT2D eigenvalue weighted by Crippen LogP contribution is -2.08. The van der Waals surface area contributed by atoms with E-state index in [0.717, 1.165) is 0 Å². The second kappa shape index (κ2) is 7.78. The van der Waals surface area contributed by atoms with Crippen LogP contribution >= 0.6 is 0 Å². The molecule has 94 valence electrons. The first-order valence-electron chi connectivity index (χ1n) is 5.21. The molecule has 0 heterocycles. The number of aliphatic hydroxyl groups excluding tert-OH is 1. The van der Waals surface area contributed by atoms with Gasteiger partial charge in [-0.3, -0.25) is 4.79 Å². The Morgan fingerprint density at radius 2 is 1.94 bits per heavy atom. The molecule has 0 amide bonds. The number of carbonyl (C=O) groups is 1. The standard InChI is InChI=1S/C12H16O5/c1-15-6-7-16-9-17-11-4-2-10(3-5-11)12(14)8-13/h2-5,13H,6-9H2,1H3. The van der Waals surface area contributed by atoms with Gasteiger partial charge in [0.15, 0.2) is 12.6 Å². The molecule has 1 aromatic rings. The van der Waals surface area contributed by atoms with Crippen LogP contribution in [0.2, 0.25) is 0 Å². The number of carbonyl (C=O) groups excluding carboxylic acids is 1. The number of hydrogen-bond acceptors (Lipinski definition) is 5. The molecule has 0 radical (unpaired) electrons. The molecule has 0 aliphatic heterocycles. The number of benzene rings is 1. The third-order valence-corrected chi connectivity index (χ3v) is 2.06. The minimum Gasteiger partial charge on any atom is -0.468 e. The second-order valence-corrected chi connectivity index (χ2v) is 3.27. The molecule has 0 bridgehead atoms. The van der Waals surface area contributed by atoms with E-state index in [-0.39, 0.29) is 12.6 Å². The Kier molecular flexibility index (Phi) is 6.24. The predicted molar refractivity (Wildman–Crippen MR) is 61.2 cm³/mol. The van der Waals surface area contributed by atoms with Gasteiger partial charge in [0.1, 0.15) is 12.4 Å². The van der Waals surface area contributed by atoms with Crippen molar-refractivity contribution in [1.29, 1.82) is 0 Å². The number of ether oxygens (including phenoxy) is 3. The number of ketones is 1. The van der Waals surface area contributed by atoms with Gasteiger partial charge in [-0.25, -0.2) is 0 Å². The summed E-state index contributed by atoms with van der Waals surface area (Å²) in [6, 6.07) is 6.51. The minimum absolute atomic E-state index is 0.136. The topological polar surface area (TPSA) is 65.0 Å². The van der Waals surface area contributed by atoms with E-state index in [1.54, 1.807) is 31.4 Å². The van der Waals surface area contributed by atoms with Crippen LogP contribution in [0.1, 0.15) is 10.4 Å². The third kappa shape index (κ3) is 4.95. The van der Waals surface area contributed by atoms with Crippen molar-refractivity contribution in [3.8, 4) is 5.75 Å². The molecule has 1 rings (SSSR count). The molecule has 0 atom stereocenters. The van der Waals surface area contributed by atoms with E-state index in [2.05, 4.69) is 0 Å². The van der Waals surface area contributed by atoms with Gasteiger partial charge in [0.25, 0.3) is 0 Å². The highest BCUT2D eigenvalue weighted by Gasteiger charge is 2.03. The molecule has 0 saturated heterocycles. The highest BCUT2D eigenvalue weighted by molar-refractivity contribution is 5.96. The average Bonchev–Trinajstić information content (AvgIpc) is 2.38. The van der Waals surface area contributed by atoms with Crippen LogP contribution in [0.5, 0.6) is 5.75 Å². The van der Waals surface area contributed by atoms with Crippen LogP contribution in [0.25, 0.3) is 0 Å². The van der Waals surface area contributed by atoms with Gasteiger partial charge in [-0.2, -0.15) is 0 Å². The molecule has 17 heavy (non-hydrogen) atoms. The second-order valence-electron chi connectivity index (χ2n) is 3.27. The number of Topliss-reactive ketones (excluding diaryl/α,β-unsaturated/α-hetero) is 1. The highest BCUT2D eigenvalue weighted by Crippen LogP contribution is 2.12. The van der Waals surface area contributed by atoms with Crippen LogP contribution in [-0.2, 0) is 9.47 Å². The SMILES string of the molecule is COCCOCOc1ccc(C(=O)CO)cc1. The summed E-state index contributed by atoms with van der Waals surface area (Å²) in [4.78, 5) is 11.1. The van der Waals surface area contributed by atoms with Crippen LogP contribution in [-0.4, -0.2) is 44.6 Å². The van der Waals surface area contributed by atoms with E-state index >= 15 is 0 Å². The molecule has 1 aromatic carbocycles. The zero-order valence-electron chi connectivity index (χ0n) is 9.72. The van der Waals surface area contributed by atoms with Gasteiger partial charge in [-0.1, -0.05) is 0 Å². The molecule has 0 saturated carbocycles. The Balaban J connectivity index is 2.33. The summed E-state index contributed by atoms with van der Waals surface area (Å²) in [5.74, 6) is 0.296. The first-order valence-corrected chi connectivity index (χ1v) is 5.21. The van der Waals surface area contributed by atoms with E-state index in [9.17, 15) is 4.79 Å². The average molecular weight is 240 g/mol. The number of rotatable bonds is 8. The molecule has 0 unspecified atom stereocenters. The van der Waals surface area contributed by atoms with Crippen LogP contribution in [0.3, 0.4) is 0 Å². The number of aliphatic hydroxyl groups is 1. The fourth-order valence-corrected chi connectivity index (χ4v) is 1.14. The summed E-state index contributed by atoms with van der Waals surface area (Å²) < 4.78 is 15.2. The van der Waals surface area contributed by atoms with Gasteiger partial charge in [0.2, 0.25) is 0 Å². The lowest BCUT2D eigenvalue weighted by Gasteiger charge is -2.07. The van der Waals surface area contributed by atoms with E-state index in [0.29, 0.717) is 24.5 Å². The highest BCUT2D eigenvalue weighted by atomic mass is 16.7. The van der Waals surface area contributed by atoms with Crippen LogP contribution in [0.4, 0.5) is 0 Å². The van der Waals surface area contributed by atoms with Crippen molar-refractivity contribution in [1.82, 2.24) is 0 Å². The summed E-state index contributed by atoms with van der Waals surface area (Å²) in [5, 5.41) is 8.67. The van der Waals surface area contributed by atoms with Gasteiger partial charge < -0.3 is 19.3 Å². The Bertz CT molecular complexity index is 333. The fraction of sp³-hybridized carbons (Fsp3) is 0.417. The van der Waals surface area contributed by atoms with Crippen molar-refractivity contribution >= 4 is 5.78 Å². The minimum atomic E-state index is -0.486. The summed E-state index contributed by atoms with van der Waals surface area (Å²) >= 11 is 0. The van der Waals surface area contributed by atoms with Gasteiger partial charge >= 0.3 is 0 Å². The maximum absolute atomic E-state index is 11.1. The number of hydrogen-bond donors (Lipinski definition) is 1. The van der Waals surface area contributed by atoms with Crippen LogP contribution < -0.4 is 4.74 Å². The molecule has 0 spiro atoms. The monoisotopic (exact) mass is 240 g/mol. The van der Waals surface area contributed by atoms with E-state index < -0.39 is 6.61 Å². The summed E-state index contributed by atoms with van der Waals surface area (Å²) in [6.45, 7) is 0.641. The molecule has 0 aliphatic rings. The van der Waals surface area contributed by atoms with Gasteiger partial charge in [-0.05, 0) is 24.3 Å². The van der Waals surface area contributed by atoms with Crippen molar-refractivity contribution in [2.75, 3.05) is 33.7 Å². The molecule has 1 N–H and O–H groups in total. The van der Waals surface area contributed by atoms with Crippen molar-refractivity contribution in [2.45, 2.75) is 0 Å². The van der Waals surface area contributed by atoms with Gasteiger partial charge in [-0.15, -0.1) is 0 Å². The Morgan fingerprint density at radius 1 is 1.24 bits per heavy atom. The van der Waals surface area contributed by atoms with Gasteiger partial charge in [0, 0.05) is 12.7 Å².